The largest absolute Gasteiger partial charge is 0.480 e. The summed E-state index contributed by atoms with van der Waals surface area (Å²) in [6.45, 7) is 1.33. The highest BCUT2D eigenvalue weighted by molar-refractivity contribution is 6.42. The van der Waals surface area contributed by atoms with Crippen molar-refractivity contribution in [3.63, 3.8) is 0 Å². The first-order valence-electron chi connectivity index (χ1n) is 4.51. The molecule has 0 bridgehead atoms. The highest BCUT2D eigenvalue weighted by Gasteiger charge is 2.20. The van der Waals surface area contributed by atoms with Crippen molar-refractivity contribution in [3.8, 4) is 0 Å². The van der Waals surface area contributed by atoms with Crippen molar-refractivity contribution < 1.29 is 14.7 Å². The first kappa shape index (κ1) is 14.1. The number of carbonyl (C=O) groups excluding carboxylic acids is 1. The SMILES string of the molecule is CC(NC(=O)c1c(Cl)cc(Cl)cc1Cl)C(=O)O. The van der Waals surface area contributed by atoms with Gasteiger partial charge < -0.3 is 10.4 Å². The Hall–Kier alpha value is -0.970. The predicted octanol–water partition coefficient (Wildman–Crippen LogP) is 2.85. The number of rotatable bonds is 3. The lowest BCUT2D eigenvalue weighted by Crippen LogP contribution is -2.38. The molecule has 0 saturated carbocycles. The molecule has 1 aromatic carbocycles. The zero-order valence-electron chi connectivity index (χ0n) is 8.63. The Morgan fingerprint density at radius 1 is 1.24 bits per heavy atom. The second-order valence-electron chi connectivity index (χ2n) is 3.28. The van der Waals surface area contributed by atoms with Gasteiger partial charge in [-0.3, -0.25) is 9.59 Å². The van der Waals surface area contributed by atoms with E-state index < -0.39 is 17.9 Å². The van der Waals surface area contributed by atoms with Crippen LogP contribution in [-0.4, -0.2) is 23.0 Å². The van der Waals surface area contributed by atoms with Crippen LogP contribution in [0.15, 0.2) is 12.1 Å². The molecule has 1 aromatic rings. The number of hydrogen-bond acceptors (Lipinski definition) is 2. The maximum atomic E-state index is 11.7. The topological polar surface area (TPSA) is 66.4 Å². The molecule has 1 rings (SSSR count). The van der Waals surface area contributed by atoms with Crippen LogP contribution in [0.4, 0.5) is 0 Å². The summed E-state index contributed by atoms with van der Waals surface area (Å²) in [7, 11) is 0. The molecule has 4 nitrogen and oxygen atoms in total. The third-order valence-corrected chi connectivity index (χ3v) is 2.77. The molecule has 7 heteroatoms. The summed E-state index contributed by atoms with van der Waals surface area (Å²) in [6, 6.07) is 1.68. The van der Waals surface area contributed by atoms with Gasteiger partial charge in [0.15, 0.2) is 0 Å². The molecule has 0 aliphatic heterocycles. The van der Waals surface area contributed by atoms with Crippen LogP contribution in [0.25, 0.3) is 0 Å². The lowest BCUT2D eigenvalue weighted by atomic mass is 10.2. The molecule has 1 atom stereocenters. The molecular formula is C10H8Cl3NO3. The smallest absolute Gasteiger partial charge is 0.325 e. The minimum atomic E-state index is -1.15. The molecular weight excluding hydrogens is 288 g/mol. The number of halogens is 3. The number of benzene rings is 1. The Balaban J connectivity index is 3.01. The van der Waals surface area contributed by atoms with Gasteiger partial charge in [0.2, 0.25) is 0 Å². The molecule has 0 aromatic heterocycles. The van der Waals surface area contributed by atoms with Crippen LogP contribution in [0.5, 0.6) is 0 Å². The van der Waals surface area contributed by atoms with Gasteiger partial charge in [-0.15, -0.1) is 0 Å². The van der Waals surface area contributed by atoms with Crippen LogP contribution >= 0.6 is 34.8 Å². The molecule has 2 N–H and O–H groups in total. The molecule has 0 spiro atoms. The van der Waals surface area contributed by atoms with Crippen LogP contribution in [-0.2, 0) is 4.79 Å². The number of nitrogens with one attached hydrogen (secondary N) is 1. The van der Waals surface area contributed by atoms with Gasteiger partial charge in [-0.05, 0) is 19.1 Å². The number of amides is 1. The van der Waals surface area contributed by atoms with Crippen molar-refractivity contribution >= 4 is 46.7 Å². The maximum Gasteiger partial charge on any atom is 0.325 e. The molecule has 0 radical (unpaired) electrons. The van der Waals surface area contributed by atoms with E-state index in [0.717, 1.165) is 0 Å². The van der Waals surface area contributed by atoms with Crippen LogP contribution in [0.1, 0.15) is 17.3 Å². The zero-order valence-corrected chi connectivity index (χ0v) is 10.9. The summed E-state index contributed by atoms with van der Waals surface area (Å²) < 4.78 is 0. The third kappa shape index (κ3) is 3.49. The molecule has 0 heterocycles. The van der Waals surface area contributed by atoms with Crippen LogP contribution in [0.3, 0.4) is 0 Å². The van der Waals surface area contributed by atoms with Gasteiger partial charge in [0.25, 0.3) is 5.91 Å². The first-order chi connectivity index (χ1) is 7.82. The Labute approximate surface area is 112 Å². The highest BCUT2D eigenvalue weighted by atomic mass is 35.5. The van der Waals surface area contributed by atoms with Crippen molar-refractivity contribution in [3.05, 3.63) is 32.8 Å². The summed E-state index contributed by atoms with van der Waals surface area (Å²) >= 11 is 17.3. The van der Waals surface area contributed by atoms with Gasteiger partial charge in [0.05, 0.1) is 15.6 Å². The summed E-state index contributed by atoms with van der Waals surface area (Å²) in [4.78, 5) is 22.3. The summed E-state index contributed by atoms with van der Waals surface area (Å²) in [5.41, 5.74) is 0.00540. The van der Waals surface area contributed by atoms with Crippen LogP contribution in [0, 0.1) is 0 Å². The van der Waals surface area contributed by atoms with Crippen LogP contribution in [0.2, 0.25) is 15.1 Å². The number of aliphatic carboxylic acids is 1. The van der Waals surface area contributed by atoms with E-state index in [9.17, 15) is 9.59 Å². The van der Waals surface area contributed by atoms with Crippen LogP contribution < -0.4 is 5.32 Å². The number of hydrogen-bond donors (Lipinski definition) is 2. The molecule has 92 valence electrons. The van der Waals surface area contributed by atoms with Crippen molar-refractivity contribution in [1.82, 2.24) is 5.32 Å². The van der Waals surface area contributed by atoms with E-state index in [1.165, 1.54) is 19.1 Å². The van der Waals surface area contributed by atoms with E-state index >= 15 is 0 Å². The standard InChI is InChI=1S/C10H8Cl3NO3/c1-4(10(16)17)14-9(15)8-6(12)2-5(11)3-7(8)13/h2-4H,1H3,(H,14,15)(H,16,17). The van der Waals surface area contributed by atoms with Gasteiger partial charge >= 0.3 is 5.97 Å². The zero-order chi connectivity index (χ0) is 13.2. The van der Waals surface area contributed by atoms with E-state index in [1.54, 1.807) is 0 Å². The molecule has 0 fully saturated rings. The summed E-state index contributed by atoms with van der Waals surface area (Å²) in [6.07, 6.45) is 0. The van der Waals surface area contributed by atoms with Gasteiger partial charge in [0, 0.05) is 5.02 Å². The summed E-state index contributed by atoms with van der Waals surface area (Å²) in [5.74, 6) is -1.81. The monoisotopic (exact) mass is 295 g/mol. The average Bonchev–Trinajstić information content (AvgIpc) is 2.15. The van der Waals surface area contributed by atoms with E-state index in [0.29, 0.717) is 5.02 Å². The predicted molar refractivity (Wildman–Crippen MR) is 66.0 cm³/mol. The van der Waals surface area contributed by atoms with Gasteiger partial charge in [0.1, 0.15) is 6.04 Å². The summed E-state index contributed by atoms with van der Waals surface area (Å²) in [5, 5.41) is 11.3. The second-order valence-corrected chi connectivity index (χ2v) is 4.53. The fourth-order valence-electron chi connectivity index (χ4n) is 1.09. The second kappa shape index (κ2) is 5.58. The number of carboxylic acid groups (broad SMARTS) is 1. The normalized spacial score (nSPS) is 12.0. The average molecular weight is 297 g/mol. The lowest BCUT2D eigenvalue weighted by Gasteiger charge is -2.11. The third-order valence-electron chi connectivity index (χ3n) is 1.95. The highest BCUT2D eigenvalue weighted by Crippen LogP contribution is 2.28. The van der Waals surface area contributed by atoms with E-state index in [4.69, 9.17) is 39.9 Å². The lowest BCUT2D eigenvalue weighted by molar-refractivity contribution is -0.138. The van der Waals surface area contributed by atoms with Crippen molar-refractivity contribution in [1.29, 1.82) is 0 Å². The minimum Gasteiger partial charge on any atom is -0.480 e. The molecule has 0 saturated heterocycles. The Morgan fingerprint density at radius 3 is 2.12 bits per heavy atom. The fraction of sp³-hybridized carbons (Fsp3) is 0.200. The molecule has 0 aliphatic carbocycles. The van der Waals surface area contributed by atoms with Gasteiger partial charge in [-0.25, -0.2) is 0 Å². The van der Waals surface area contributed by atoms with E-state index in [1.807, 2.05) is 0 Å². The van der Waals surface area contributed by atoms with Crippen molar-refractivity contribution in [2.45, 2.75) is 13.0 Å². The van der Waals surface area contributed by atoms with Crippen molar-refractivity contribution in [2.75, 3.05) is 0 Å². The number of carboxylic acids is 1. The Kier molecular flexibility index (Phi) is 4.62. The van der Waals surface area contributed by atoms with Crippen molar-refractivity contribution in [2.24, 2.45) is 0 Å². The quantitative estimate of drug-likeness (QED) is 0.901. The molecule has 17 heavy (non-hydrogen) atoms. The molecule has 1 amide bonds. The number of carbonyl (C=O) groups is 2. The molecule has 0 aliphatic rings. The minimum absolute atomic E-state index is 0.00540. The molecule has 1 unspecified atom stereocenters. The van der Waals surface area contributed by atoms with Gasteiger partial charge in [-0.2, -0.15) is 0 Å². The van der Waals surface area contributed by atoms with E-state index in [2.05, 4.69) is 5.32 Å². The first-order valence-corrected chi connectivity index (χ1v) is 5.64. The fourth-order valence-corrected chi connectivity index (χ4v) is 2.08. The van der Waals surface area contributed by atoms with E-state index in [-0.39, 0.29) is 15.6 Å². The van der Waals surface area contributed by atoms with Gasteiger partial charge in [-0.1, -0.05) is 34.8 Å². The maximum absolute atomic E-state index is 11.7. The Bertz CT molecular complexity index is 453. The Morgan fingerprint density at radius 2 is 1.71 bits per heavy atom.